The number of hydrogen-bond acceptors (Lipinski definition) is 3. The second-order valence-electron chi connectivity index (χ2n) is 5.53. The number of nitrogens with one attached hydrogen (secondary N) is 1. The Morgan fingerprint density at radius 2 is 2.05 bits per heavy atom. The van der Waals surface area contributed by atoms with Crippen molar-refractivity contribution in [1.82, 2.24) is 15.1 Å². The zero-order valence-electron chi connectivity index (χ0n) is 14.4. The Balaban J connectivity index is 2.50. The van der Waals surface area contributed by atoms with E-state index in [1.165, 1.54) is 4.90 Å². The molecule has 1 aromatic carbocycles. The van der Waals surface area contributed by atoms with E-state index in [9.17, 15) is 4.79 Å². The molecule has 0 aliphatic rings. The summed E-state index contributed by atoms with van der Waals surface area (Å²) in [5.41, 5.74) is 1.15. The van der Waals surface area contributed by atoms with Crippen molar-refractivity contribution < 1.29 is 4.79 Å². The number of thioether (sulfide) groups is 1. The summed E-state index contributed by atoms with van der Waals surface area (Å²) in [4.78, 5) is 17.4. The van der Waals surface area contributed by atoms with E-state index in [0.717, 1.165) is 18.5 Å². The zero-order valence-corrected chi connectivity index (χ0v) is 15.2. The van der Waals surface area contributed by atoms with Crippen molar-refractivity contribution >= 4 is 17.8 Å². The van der Waals surface area contributed by atoms with Crippen molar-refractivity contribution in [2.45, 2.75) is 37.8 Å². The summed E-state index contributed by atoms with van der Waals surface area (Å²) in [6.45, 7) is 6.59. The zero-order chi connectivity index (χ0) is 16.5. The van der Waals surface area contributed by atoms with Crippen molar-refractivity contribution in [2.24, 2.45) is 0 Å². The van der Waals surface area contributed by atoms with Gasteiger partial charge < -0.3 is 15.1 Å². The predicted molar refractivity (Wildman–Crippen MR) is 95.5 cm³/mol. The van der Waals surface area contributed by atoms with Crippen LogP contribution in [0.2, 0.25) is 0 Å². The maximum Gasteiger partial charge on any atom is 0.317 e. The van der Waals surface area contributed by atoms with Crippen molar-refractivity contribution in [3.8, 4) is 0 Å². The fourth-order valence-corrected chi connectivity index (χ4v) is 2.81. The standard InChI is InChI=1S/C17H29N3OS/c1-6-15(19(3)7-2)12-18-17(21)20(4)13-14-9-8-10-16(11-14)22-5/h8-11,15H,6-7,12-13H2,1-5H3,(H,18,21)/t15-/m1/s1. The van der Waals surface area contributed by atoms with Crippen LogP contribution in [0.1, 0.15) is 25.8 Å². The minimum absolute atomic E-state index is 0.0162. The molecule has 0 fully saturated rings. The van der Waals surface area contributed by atoms with E-state index in [4.69, 9.17) is 0 Å². The van der Waals surface area contributed by atoms with Gasteiger partial charge in [0.1, 0.15) is 0 Å². The molecule has 0 unspecified atom stereocenters. The molecule has 4 nitrogen and oxygen atoms in total. The summed E-state index contributed by atoms with van der Waals surface area (Å²) >= 11 is 1.72. The molecule has 0 spiro atoms. The quantitative estimate of drug-likeness (QED) is 0.746. The fourth-order valence-electron chi connectivity index (χ4n) is 2.33. The van der Waals surface area contributed by atoms with E-state index < -0.39 is 0 Å². The molecule has 0 saturated heterocycles. The lowest BCUT2D eigenvalue weighted by Gasteiger charge is -2.27. The highest BCUT2D eigenvalue weighted by Crippen LogP contribution is 2.16. The molecule has 2 amide bonds. The van der Waals surface area contributed by atoms with Gasteiger partial charge in [-0.1, -0.05) is 26.0 Å². The molecule has 22 heavy (non-hydrogen) atoms. The van der Waals surface area contributed by atoms with Gasteiger partial charge in [0.25, 0.3) is 0 Å². The highest BCUT2D eigenvalue weighted by molar-refractivity contribution is 7.98. The van der Waals surface area contributed by atoms with Crippen LogP contribution in [0.3, 0.4) is 0 Å². The lowest BCUT2D eigenvalue weighted by molar-refractivity contribution is 0.195. The first-order valence-electron chi connectivity index (χ1n) is 7.83. The minimum Gasteiger partial charge on any atom is -0.336 e. The van der Waals surface area contributed by atoms with E-state index in [1.807, 2.05) is 13.1 Å². The van der Waals surface area contributed by atoms with Gasteiger partial charge in [-0.3, -0.25) is 0 Å². The number of carbonyl (C=O) groups is 1. The molecule has 1 N–H and O–H groups in total. The second-order valence-corrected chi connectivity index (χ2v) is 6.41. The first kappa shape index (κ1) is 18.8. The second kappa shape index (κ2) is 9.74. The lowest BCUT2D eigenvalue weighted by atomic mass is 10.2. The SMILES string of the molecule is CC[C@H](CNC(=O)N(C)Cc1cccc(SC)c1)N(C)CC. The first-order valence-corrected chi connectivity index (χ1v) is 9.06. The van der Waals surface area contributed by atoms with Gasteiger partial charge in [0.2, 0.25) is 0 Å². The smallest absolute Gasteiger partial charge is 0.317 e. The van der Waals surface area contributed by atoms with Crippen molar-refractivity contribution in [1.29, 1.82) is 0 Å². The monoisotopic (exact) mass is 323 g/mol. The van der Waals surface area contributed by atoms with Gasteiger partial charge in [-0.05, 0) is 44.0 Å². The molecule has 0 bridgehead atoms. The Morgan fingerprint density at radius 3 is 2.64 bits per heavy atom. The number of nitrogens with zero attached hydrogens (tertiary/aromatic N) is 2. The van der Waals surface area contributed by atoms with Crippen LogP contribution in [0.25, 0.3) is 0 Å². The highest BCUT2D eigenvalue weighted by atomic mass is 32.2. The maximum atomic E-state index is 12.2. The third-order valence-corrected chi connectivity index (χ3v) is 4.71. The Hall–Kier alpha value is -1.20. The molecular formula is C17H29N3OS. The third-order valence-electron chi connectivity index (χ3n) is 3.98. The van der Waals surface area contributed by atoms with Gasteiger partial charge in [-0.25, -0.2) is 4.79 Å². The maximum absolute atomic E-state index is 12.2. The topological polar surface area (TPSA) is 35.6 Å². The van der Waals surface area contributed by atoms with Crippen molar-refractivity contribution in [3.63, 3.8) is 0 Å². The molecule has 1 atom stereocenters. The predicted octanol–water partition coefficient (Wildman–Crippen LogP) is 3.28. The Morgan fingerprint density at radius 1 is 1.32 bits per heavy atom. The van der Waals surface area contributed by atoms with Crippen molar-refractivity contribution in [2.75, 3.05) is 33.4 Å². The van der Waals surface area contributed by atoms with Crippen molar-refractivity contribution in [3.05, 3.63) is 29.8 Å². The van der Waals surface area contributed by atoms with E-state index in [-0.39, 0.29) is 6.03 Å². The van der Waals surface area contributed by atoms with Crippen LogP contribution >= 0.6 is 11.8 Å². The minimum atomic E-state index is -0.0162. The molecule has 124 valence electrons. The number of rotatable bonds is 8. The van der Waals surface area contributed by atoms with Gasteiger partial charge in [0.05, 0.1) is 0 Å². The molecule has 0 saturated carbocycles. The van der Waals surface area contributed by atoms with Crippen LogP contribution in [0.5, 0.6) is 0 Å². The van der Waals surface area contributed by atoms with Crippen LogP contribution in [-0.4, -0.2) is 55.3 Å². The summed E-state index contributed by atoms with van der Waals surface area (Å²) in [7, 11) is 3.93. The normalized spacial score (nSPS) is 12.3. The number of benzene rings is 1. The number of amides is 2. The summed E-state index contributed by atoms with van der Waals surface area (Å²) in [6.07, 6.45) is 3.09. The summed E-state index contributed by atoms with van der Waals surface area (Å²) in [6, 6.07) is 8.69. The number of likely N-dealkylation sites (N-methyl/N-ethyl adjacent to an activating group) is 1. The third kappa shape index (κ3) is 5.89. The molecule has 0 aliphatic carbocycles. The Kier molecular flexibility index (Phi) is 8.35. The van der Waals surface area contributed by atoms with E-state index in [2.05, 4.69) is 55.6 Å². The summed E-state index contributed by atoms with van der Waals surface area (Å²) in [5, 5.41) is 3.04. The van der Waals surface area contributed by atoms with Crippen LogP contribution in [0.15, 0.2) is 29.2 Å². The summed E-state index contributed by atoms with van der Waals surface area (Å²) in [5.74, 6) is 0. The van der Waals surface area contributed by atoms with E-state index in [1.54, 1.807) is 16.7 Å². The average molecular weight is 324 g/mol. The summed E-state index contributed by atoms with van der Waals surface area (Å²) < 4.78 is 0. The molecule has 0 aromatic heterocycles. The van der Waals surface area contributed by atoms with Crippen LogP contribution in [-0.2, 0) is 6.54 Å². The Labute approximate surface area is 139 Å². The lowest BCUT2D eigenvalue weighted by Crippen LogP contribution is -2.45. The fraction of sp³-hybridized carbons (Fsp3) is 0.588. The largest absolute Gasteiger partial charge is 0.336 e. The van der Waals surface area contributed by atoms with Crippen LogP contribution in [0.4, 0.5) is 4.79 Å². The van der Waals surface area contributed by atoms with Gasteiger partial charge in [-0.15, -0.1) is 11.8 Å². The molecular weight excluding hydrogens is 294 g/mol. The first-order chi connectivity index (χ1) is 10.5. The van der Waals surface area contributed by atoms with E-state index >= 15 is 0 Å². The molecule has 5 heteroatoms. The molecule has 1 aromatic rings. The van der Waals surface area contributed by atoms with Gasteiger partial charge >= 0.3 is 6.03 Å². The van der Waals surface area contributed by atoms with Crippen LogP contribution < -0.4 is 5.32 Å². The number of urea groups is 1. The number of hydrogen-bond donors (Lipinski definition) is 1. The molecule has 0 heterocycles. The number of carbonyl (C=O) groups excluding carboxylic acids is 1. The van der Waals surface area contributed by atoms with Crippen LogP contribution in [0, 0.1) is 0 Å². The molecule has 0 radical (unpaired) electrons. The highest BCUT2D eigenvalue weighted by Gasteiger charge is 2.14. The molecule has 1 rings (SSSR count). The van der Waals surface area contributed by atoms with Gasteiger partial charge in [0, 0.05) is 31.1 Å². The van der Waals surface area contributed by atoms with Gasteiger partial charge in [-0.2, -0.15) is 0 Å². The molecule has 0 aliphatic heterocycles. The van der Waals surface area contributed by atoms with Gasteiger partial charge in [0.15, 0.2) is 0 Å². The Bertz CT molecular complexity index is 467. The average Bonchev–Trinajstić information content (AvgIpc) is 2.54. The van der Waals surface area contributed by atoms with E-state index in [0.29, 0.717) is 19.1 Å².